The van der Waals surface area contributed by atoms with Gasteiger partial charge in [-0.15, -0.1) is 5.92 Å². The summed E-state index contributed by atoms with van der Waals surface area (Å²) in [6.07, 6.45) is 0. The first-order valence-electron chi connectivity index (χ1n) is 5.56. The fourth-order valence-electron chi connectivity index (χ4n) is 1.58. The van der Waals surface area contributed by atoms with E-state index in [-0.39, 0.29) is 0 Å². The van der Waals surface area contributed by atoms with Crippen LogP contribution in [0.5, 0.6) is 0 Å². The molecule has 0 atom stereocenters. The van der Waals surface area contributed by atoms with E-state index >= 15 is 0 Å². The van der Waals surface area contributed by atoms with Gasteiger partial charge in [0.25, 0.3) is 0 Å². The van der Waals surface area contributed by atoms with Gasteiger partial charge < -0.3 is 8.85 Å². The standard InChI is InChI=1S/C13H18O2Si/c1-4-12-16(14-5-2,15-6-3)13-10-8-7-9-11-13/h7-11H,5-6H2,1-3H3. The highest BCUT2D eigenvalue weighted by atomic mass is 28.4. The summed E-state index contributed by atoms with van der Waals surface area (Å²) < 4.78 is 11.7. The smallest absolute Gasteiger partial charge is 0.382 e. The Morgan fingerprint density at radius 3 is 2.06 bits per heavy atom. The van der Waals surface area contributed by atoms with E-state index in [1.165, 1.54) is 0 Å². The topological polar surface area (TPSA) is 18.5 Å². The van der Waals surface area contributed by atoms with Crippen LogP contribution in [0.1, 0.15) is 20.8 Å². The Morgan fingerprint density at radius 2 is 1.62 bits per heavy atom. The quantitative estimate of drug-likeness (QED) is 0.573. The largest absolute Gasteiger partial charge is 0.458 e. The molecule has 2 nitrogen and oxygen atoms in total. The van der Waals surface area contributed by atoms with Crippen LogP contribution in [0.2, 0.25) is 0 Å². The zero-order valence-electron chi connectivity index (χ0n) is 10.1. The summed E-state index contributed by atoms with van der Waals surface area (Å²) in [7, 11) is -2.53. The van der Waals surface area contributed by atoms with Crippen LogP contribution >= 0.6 is 0 Å². The van der Waals surface area contributed by atoms with Crippen molar-refractivity contribution in [3.8, 4) is 11.5 Å². The van der Waals surface area contributed by atoms with E-state index in [1.807, 2.05) is 51.1 Å². The highest BCUT2D eigenvalue weighted by molar-refractivity contribution is 6.88. The van der Waals surface area contributed by atoms with Gasteiger partial charge in [-0.2, -0.15) is 0 Å². The molecule has 0 saturated heterocycles. The summed E-state index contributed by atoms with van der Waals surface area (Å²) in [5.41, 5.74) is 3.16. The molecule has 0 N–H and O–H groups in total. The lowest BCUT2D eigenvalue weighted by Gasteiger charge is -2.24. The van der Waals surface area contributed by atoms with Crippen molar-refractivity contribution in [2.45, 2.75) is 20.8 Å². The van der Waals surface area contributed by atoms with Crippen LogP contribution < -0.4 is 5.19 Å². The van der Waals surface area contributed by atoms with Crippen molar-refractivity contribution in [2.24, 2.45) is 0 Å². The molecule has 0 unspecified atom stereocenters. The lowest BCUT2D eigenvalue weighted by Crippen LogP contribution is -2.53. The first kappa shape index (κ1) is 13.0. The van der Waals surface area contributed by atoms with Gasteiger partial charge in [-0.05, 0) is 20.8 Å². The van der Waals surface area contributed by atoms with Crippen LogP contribution in [-0.4, -0.2) is 21.8 Å². The van der Waals surface area contributed by atoms with E-state index in [1.54, 1.807) is 0 Å². The second kappa shape index (κ2) is 6.49. The molecule has 1 aromatic rings. The van der Waals surface area contributed by atoms with Gasteiger partial charge in [-0.25, -0.2) is 0 Å². The minimum absolute atomic E-state index is 0.621. The van der Waals surface area contributed by atoms with Gasteiger partial charge in [0, 0.05) is 18.4 Å². The summed E-state index contributed by atoms with van der Waals surface area (Å²) >= 11 is 0. The maximum Gasteiger partial charge on any atom is 0.458 e. The first-order valence-corrected chi connectivity index (χ1v) is 7.38. The molecular formula is C13H18O2Si. The van der Waals surface area contributed by atoms with Gasteiger partial charge >= 0.3 is 8.56 Å². The van der Waals surface area contributed by atoms with Gasteiger partial charge in [0.15, 0.2) is 0 Å². The molecule has 0 fully saturated rings. The molecule has 0 bridgehead atoms. The molecule has 0 aliphatic rings. The summed E-state index contributed by atoms with van der Waals surface area (Å²) in [6.45, 7) is 7.01. The lowest BCUT2D eigenvalue weighted by atomic mass is 10.4. The number of hydrogen-bond acceptors (Lipinski definition) is 2. The van der Waals surface area contributed by atoms with Gasteiger partial charge in [0.2, 0.25) is 0 Å². The SMILES string of the molecule is CC#C[Si](OCC)(OCC)c1ccccc1. The van der Waals surface area contributed by atoms with Crippen molar-refractivity contribution >= 4 is 13.7 Å². The Balaban J connectivity index is 3.13. The van der Waals surface area contributed by atoms with Gasteiger partial charge in [0.05, 0.1) is 0 Å². The van der Waals surface area contributed by atoms with Crippen molar-refractivity contribution in [2.75, 3.05) is 13.2 Å². The third kappa shape index (κ3) is 2.95. The number of benzene rings is 1. The number of rotatable bonds is 5. The maximum absolute atomic E-state index is 5.84. The average Bonchev–Trinajstić information content (AvgIpc) is 2.31. The first-order chi connectivity index (χ1) is 7.79. The van der Waals surface area contributed by atoms with Crippen LogP contribution in [0.15, 0.2) is 30.3 Å². The van der Waals surface area contributed by atoms with E-state index in [2.05, 4.69) is 11.5 Å². The van der Waals surface area contributed by atoms with Gasteiger partial charge in [-0.3, -0.25) is 0 Å². The fourth-order valence-corrected chi connectivity index (χ4v) is 4.06. The van der Waals surface area contributed by atoms with Gasteiger partial charge in [0.1, 0.15) is 0 Å². The minimum atomic E-state index is -2.53. The normalized spacial score (nSPS) is 10.7. The molecule has 86 valence electrons. The van der Waals surface area contributed by atoms with Crippen molar-refractivity contribution in [1.82, 2.24) is 0 Å². The molecule has 1 rings (SSSR count). The van der Waals surface area contributed by atoms with Gasteiger partial charge in [-0.1, -0.05) is 35.9 Å². The molecule has 3 heteroatoms. The summed E-state index contributed by atoms with van der Waals surface area (Å²) in [6, 6.07) is 10.0. The second-order valence-corrected chi connectivity index (χ2v) is 5.86. The maximum atomic E-state index is 5.84. The van der Waals surface area contributed by atoms with E-state index in [0.717, 1.165) is 5.19 Å². The second-order valence-electron chi connectivity index (χ2n) is 3.22. The Bertz CT molecular complexity index is 359. The molecule has 0 radical (unpaired) electrons. The molecule has 0 aliphatic carbocycles. The van der Waals surface area contributed by atoms with Crippen molar-refractivity contribution in [3.05, 3.63) is 30.3 Å². The third-order valence-electron chi connectivity index (χ3n) is 2.14. The summed E-state index contributed by atoms with van der Waals surface area (Å²) in [4.78, 5) is 0. The number of hydrogen-bond donors (Lipinski definition) is 0. The summed E-state index contributed by atoms with van der Waals surface area (Å²) in [5, 5.41) is 1.08. The van der Waals surface area contributed by atoms with E-state index in [0.29, 0.717) is 13.2 Å². The van der Waals surface area contributed by atoms with Crippen molar-refractivity contribution < 1.29 is 8.85 Å². The van der Waals surface area contributed by atoms with Crippen LogP contribution in [-0.2, 0) is 8.85 Å². The predicted octanol–water partition coefficient (Wildman–Crippen LogP) is 1.97. The van der Waals surface area contributed by atoms with E-state index < -0.39 is 8.56 Å². The van der Waals surface area contributed by atoms with Crippen molar-refractivity contribution in [3.63, 3.8) is 0 Å². The van der Waals surface area contributed by atoms with E-state index in [9.17, 15) is 0 Å². The zero-order valence-corrected chi connectivity index (χ0v) is 11.1. The summed E-state index contributed by atoms with van der Waals surface area (Å²) in [5.74, 6) is 2.94. The molecule has 0 saturated carbocycles. The molecule has 0 spiro atoms. The highest BCUT2D eigenvalue weighted by Crippen LogP contribution is 2.07. The molecule has 0 aromatic heterocycles. The monoisotopic (exact) mass is 234 g/mol. The third-order valence-corrected chi connectivity index (χ3v) is 5.20. The molecule has 0 aliphatic heterocycles. The molecule has 0 heterocycles. The van der Waals surface area contributed by atoms with Crippen LogP contribution in [0.3, 0.4) is 0 Å². The molecule has 1 aromatic carbocycles. The average molecular weight is 234 g/mol. The predicted molar refractivity (Wildman–Crippen MR) is 68.5 cm³/mol. The Morgan fingerprint density at radius 1 is 1.06 bits per heavy atom. The van der Waals surface area contributed by atoms with Crippen molar-refractivity contribution in [1.29, 1.82) is 0 Å². The molecule has 0 amide bonds. The fraction of sp³-hybridized carbons (Fsp3) is 0.385. The Labute approximate surface area is 98.8 Å². The molecular weight excluding hydrogens is 216 g/mol. The lowest BCUT2D eigenvalue weighted by molar-refractivity contribution is 0.209. The zero-order chi connectivity index (χ0) is 11.9. The van der Waals surface area contributed by atoms with Crippen LogP contribution in [0, 0.1) is 11.5 Å². The van der Waals surface area contributed by atoms with Crippen LogP contribution in [0.25, 0.3) is 0 Å². The van der Waals surface area contributed by atoms with Crippen LogP contribution in [0.4, 0.5) is 0 Å². The Kier molecular flexibility index (Phi) is 5.27. The Hall–Kier alpha value is -1.08. The minimum Gasteiger partial charge on any atom is -0.382 e. The highest BCUT2D eigenvalue weighted by Gasteiger charge is 2.38. The molecule has 16 heavy (non-hydrogen) atoms. The van der Waals surface area contributed by atoms with E-state index in [4.69, 9.17) is 8.85 Å².